The van der Waals surface area contributed by atoms with Gasteiger partial charge in [-0.05, 0) is 53.4 Å². The highest BCUT2D eigenvalue weighted by molar-refractivity contribution is 5.56. The zero-order valence-corrected chi connectivity index (χ0v) is 17.1. The maximum Gasteiger partial charge on any atom is 0.0959 e. The zero-order valence-electron chi connectivity index (χ0n) is 17.1. The summed E-state index contributed by atoms with van der Waals surface area (Å²) in [6.07, 6.45) is 3.11. The molecule has 144 valence electrons. The van der Waals surface area contributed by atoms with Crippen LogP contribution >= 0.6 is 0 Å². The van der Waals surface area contributed by atoms with E-state index in [-0.39, 0.29) is 10.8 Å². The SMILES string of the molecule is C=C(N)NCCC(CC)NC(=C)Nc1ccc2c(c1)C(C)(C)C(C)(C)C2. The molecule has 0 spiro atoms. The molecule has 0 saturated heterocycles. The van der Waals surface area contributed by atoms with Crippen molar-refractivity contribution in [1.29, 1.82) is 0 Å². The first-order valence-corrected chi connectivity index (χ1v) is 9.61. The van der Waals surface area contributed by atoms with Crippen LogP contribution in [-0.2, 0) is 11.8 Å². The molecule has 0 aromatic heterocycles. The summed E-state index contributed by atoms with van der Waals surface area (Å²) in [5.74, 6) is 1.35. The lowest BCUT2D eigenvalue weighted by Gasteiger charge is -2.35. The summed E-state index contributed by atoms with van der Waals surface area (Å²) in [5.41, 5.74) is 9.99. The topological polar surface area (TPSA) is 62.1 Å². The molecule has 1 aromatic carbocycles. The third-order valence-corrected chi connectivity index (χ3v) is 6.12. The van der Waals surface area contributed by atoms with Gasteiger partial charge in [0.05, 0.1) is 11.6 Å². The molecule has 4 heteroatoms. The second kappa shape index (κ2) is 7.65. The lowest BCUT2D eigenvalue weighted by Crippen LogP contribution is -2.34. The highest BCUT2D eigenvalue weighted by Gasteiger charge is 2.45. The highest BCUT2D eigenvalue weighted by atomic mass is 15.1. The fourth-order valence-electron chi connectivity index (χ4n) is 3.69. The van der Waals surface area contributed by atoms with Crippen LogP contribution in [0.5, 0.6) is 0 Å². The van der Waals surface area contributed by atoms with Crippen LogP contribution in [0.15, 0.2) is 43.0 Å². The minimum atomic E-state index is 0.164. The van der Waals surface area contributed by atoms with Gasteiger partial charge in [-0.1, -0.05) is 53.8 Å². The number of nitrogens with one attached hydrogen (secondary N) is 3. The quantitative estimate of drug-likeness (QED) is 0.535. The lowest BCUT2D eigenvalue weighted by atomic mass is 9.69. The molecule has 0 radical (unpaired) electrons. The van der Waals surface area contributed by atoms with Crippen molar-refractivity contribution in [3.63, 3.8) is 0 Å². The number of rotatable bonds is 9. The van der Waals surface area contributed by atoms with Gasteiger partial charge in [-0.2, -0.15) is 0 Å². The van der Waals surface area contributed by atoms with Crippen LogP contribution in [0.3, 0.4) is 0 Å². The van der Waals surface area contributed by atoms with Crippen LogP contribution < -0.4 is 21.7 Å². The van der Waals surface area contributed by atoms with E-state index in [1.165, 1.54) is 11.1 Å². The summed E-state index contributed by atoms with van der Waals surface area (Å²) in [5, 5.41) is 9.98. The first kappa shape index (κ1) is 20.2. The smallest absolute Gasteiger partial charge is 0.0959 e. The van der Waals surface area contributed by atoms with Gasteiger partial charge in [-0.25, -0.2) is 0 Å². The summed E-state index contributed by atoms with van der Waals surface area (Å²) in [4.78, 5) is 0. The Hall–Kier alpha value is -2.10. The Labute approximate surface area is 159 Å². The lowest BCUT2D eigenvalue weighted by molar-refractivity contribution is 0.225. The monoisotopic (exact) mass is 356 g/mol. The molecule has 1 unspecified atom stereocenters. The Bertz CT molecular complexity index is 673. The molecule has 1 atom stereocenters. The molecular formula is C22H36N4. The molecule has 0 saturated carbocycles. The maximum atomic E-state index is 5.55. The highest BCUT2D eigenvalue weighted by Crippen LogP contribution is 2.51. The van der Waals surface area contributed by atoms with E-state index in [4.69, 9.17) is 5.73 Å². The van der Waals surface area contributed by atoms with Crippen molar-refractivity contribution in [2.45, 2.75) is 65.3 Å². The molecule has 0 aliphatic heterocycles. The van der Waals surface area contributed by atoms with Crippen LogP contribution in [0.2, 0.25) is 0 Å². The molecular weight excluding hydrogens is 320 g/mol. The Balaban J connectivity index is 1.99. The Morgan fingerprint density at radius 2 is 1.92 bits per heavy atom. The number of hydrogen-bond donors (Lipinski definition) is 4. The Kier molecular flexibility index (Phi) is 5.94. The first-order chi connectivity index (χ1) is 12.1. The summed E-state index contributed by atoms with van der Waals surface area (Å²) < 4.78 is 0. The van der Waals surface area contributed by atoms with Gasteiger partial charge < -0.3 is 21.7 Å². The molecule has 2 rings (SSSR count). The third-order valence-electron chi connectivity index (χ3n) is 6.12. The van der Waals surface area contributed by atoms with Gasteiger partial charge in [0.2, 0.25) is 0 Å². The third kappa shape index (κ3) is 4.35. The van der Waals surface area contributed by atoms with Crippen LogP contribution in [0, 0.1) is 5.41 Å². The number of benzene rings is 1. The van der Waals surface area contributed by atoms with E-state index in [1.807, 2.05) is 0 Å². The van der Waals surface area contributed by atoms with Gasteiger partial charge in [-0.3, -0.25) is 0 Å². The predicted octanol–water partition coefficient (Wildman–Crippen LogP) is 4.21. The number of fused-ring (bicyclic) bond motifs is 1. The molecule has 0 fully saturated rings. The first-order valence-electron chi connectivity index (χ1n) is 9.61. The number of hydrogen-bond acceptors (Lipinski definition) is 4. The summed E-state index contributed by atoms with van der Waals surface area (Å²) in [6, 6.07) is 7.05. The van der Waals surface area contributed by atoms with E-state index in [0.29, 0.717) is 11.9 Å². The Morgan fingerprint density at radius 3 is 2.54 bits per heavy atom. The normalized spacial score (nSPS) is 17.9. The van der Waals surface area contributed by atoms with E-state index in [9.17, 15) is 0 Å². The van der Waals surface area contributed by atoms with E-state index in [1.54, 1.807) is 0 Å². The molecule has 1 aliphatic carbocycles. The van der Waals surface area contributed by atoms with Crippen LogP contribution in [0.25, 0.3) is 0 Å². The van der Waals surface area contributed by atoms with Gasteiger partial charge in [0.1, 0.15) is 0 Å². The van der Waals surface area contributed by atoms with Crippen LogP contribution in [0.1, 0.15) is 58.6 Å². The second-order valence-electron chi connectivity index (χ2n) is 8.65. The largest absolute Gasteiger partial charge is 0.386 e. The van der Waals surface area contributed by atoms with Crippen LogP contribution in [0.4, 0.5) is 5.69 Å². The molecule has 5 N–H and O–H groups in total. The van der Waals surface area contributed by atoms with Gasteiger partial charge in [0, 0.05) is 18.3 Å². The standard InChI is InChI=1S/C22H36N4/c1-8-18(11-12-24-15(2)23)25-16(3)26-19-10-9-17-14-21(4,5)22(6,7)20(17)13-19/h9-10,13,18,24-26H,2-3,8,11-12,14,23H2,1,4-7H3. The molecule has 0 bridgehead atoms. The molecule has 4 nitrogen and oxygen atoms in total. The summed E-state index contributed by atoms with van der Waals surface area (Å²) in [7, 11) is 0. The second-order valence-corrected chi connectivity index (χ2v) is 8.65. The van der Waals surface area contributed by atoms with E-state index in [0.717, 1.165) is 37.3 Å². The summed E-state index contributed by atoms with van der Waals surface area (Å²) >= 11 is 0. The van der Waals surface area contributed by atoms with Crippen molar-refractivity contribution >= 4 is 5.69 Å². The molecule has 0 heterocycles. The predicted molar refractivity (Wildman–Crippen MR) is 113 cm³/mol. The maximum absolute atomic E-state index is 5.55. The van der Waals surface area contributed by atoms with Crippen molar-refractivity contribution in [3.8, 4) is 0 Å². The van der Waals surface area contributed by atoms with E-state index >= 15 is 0 Å². The van der Waals surface area contributed by atoms with Gasteiger partial charge in [0.15, 0.2) is 0 Å². The van der Waals surface area contributed by atoms with Gasteiger partial charge >= 0.3 is 0 Å². The molecule has 1 aromatic rings. The van der Waals surface area contributed by atoms with Crippen molar-refractivity contribution in [1.82, 2.24) is 10.6 Å². The van der Waals surface area contributed by atoms with Gasteiger partial charge in [0.25, 0.3) is 0 Å². The fraction of sp³-hybridized carbons (Fsp3) is 0.545. The van der Waals surface area contributed by atoms with Crippen LogP contribution in [-0.4, -0.2) is 12.6 Å². The number of anilines is 1. The average molecular weight is 357 g/mol. The number of nitrogens with two attached hydrogens (primary N) is 1. The molecule has 0 amide bonds. The van der Waals surface area contributed by atoms with Crippen molar-refractivity contribution < 1.29 is 0 Å². The minimum Gasteiger partial charge on any atom is -0.386 e. The van der Waals surface area contributed by atoms with Gasteiger partial charge in [-0.15, -0.1) is 0 Å². The molecule has 1 aliphatic rings. The minimum absolute atomic E-state index is 0.164. The van der Waals surface area contributed by atoms with E-state index < -0.39 is 0 Å². The summed E-state index contributed by atoms with van der Waals surface area (Å²) in [6.45, 7) is 20.2. The zero-order chi connectivity index (χ0) is 19.5. The molecule has 26 heavy (non-hydrogen) atoms. The fourth-order valence-corrected chi connectivity index (χ4v) is 3.69. The van der Waals surface area contributed by atoms with E-state index in [2.05, 4.69) is 81.9 Å². The van der Waals surface area contributed by atoms with Crippen molar-refractivity contribution in [2.24, 2.45) is 11.1 Å². The average Bonchev–Trinajstić information content (AvgIpc) is 2.71. The van der Waals surface area contributed by atoms with Crippen molar-refractivity contribution in [3.05, 3.63) is 54.1 Å². The van der Waals surface area contributed by atoms with Crippen molar-refractivity contribution in [2.75, 3.05) is 11.9 Å². The Morgan fingerprint density at radius 1 is 1.23 bits per heavy atom.